The summed E-state index contributed by atoms with van der Waals surface area (Å²) in [7, 11) is 1.63. The quantitative estimate of drug-likeness (QED) is 0.0663. The Hall–Kier alpha value is -0.450. The third kappa shape index (κ3) is 27.7. The molecule has 0 fully saturated rings. The van der Waals surface area contributed by atoms with Crippen LogP contribution in [0, 0.1) is 0 Å². The summed E-state index contributed by atoms with van der Waals surface area (Å²) in [5, 5.41) is 0. The fourth-order valence-corrected chi connectivity index (χ4v) is 4.58. The van der Waals surface area contributed by atoms with Gasteiger partial charge in [0.15, 0.2) is 0 Å². The Bertz CT molecular complexity index is 537. The van der Waals surface area contributed by atoms with E-state index in [4.69, 9.17) is 14.3 Å². The van der Waals surface area contributed by atoms with E-state index in [1.807, 2.05) is 21.1 Å². The van der Waals surface area contributed by atoms with Crippen molar-refractivity contribution in [3.8, 4) is 0 Å². The summed E-state index contributed by atoms with van der Waals surface area (Å²) in [6.07, 6.45) is 29.6. The first-order chi connectivity index (χ1) is 15.6. The maximum absolute atomic E-state index is 11.2. The molecule has 0 aliphatic heterocycles. The SMILES string of the molecule is CCC/C=C\CCC/C=C\CCCCCCCCCCCCC(C[N+](C)(C)C)OP(=O)(O)O. The molecule has 5 nitrogen and oxygen atoms in total. The van der Waals surface area contributed by atoms with Gasteiger partial charge in [0.25, 0.3) is 0 Å². The number of quaternary nitrogens is 1. The van der Waals surface area contributed by atoms with Crippen molar-refractivity contribution in [1.29, 1.82) is 0 Å². The zero-order chi connectivity index (χ0) is 24.8. The van der Waals surface area contributed by atoms with Gasteiger partial charge < -0.3 is 14.3 Å². The fourth-order valence-electron chi connectivity index (χ4n) is 4.02. The van der Waals surface area contributed by atoms with Gasteiger partial charge in [0.05, 0.1) is 21.1 Å². The van der Waals surface area contributed by atoms with Crippen LogP contribution >= 0.6 is 7.82 Å². The molecule has 0 aliphatic rings. The molecule has 0 spiro atoms. The van der Waals surface area contributed by atoms with Gasteiger partial charge in [-0.1, -0.05) is 95.4 Å². The fraction of sp³-hybridized carbons (Fsp3) is 0.852. The van der Waals surface area contributed by atoms with E-state index in [1.165, 1.54) is 89.9 Å². The van der Waals surface area contributed by atoms with Crippen LogP contribution in [-0.2, 0) is 9.09 Å². The number of nitrogens with zero attached hydrogens (tertiary/aromatic N) is 1. The highest BCUT2D eigenvalue weighted by atomic mass is 31.2. The highest BCUT2D eigenvalue weighted by Crippen LogP contribution is 2.39. The Kier molecular flexibility index (Phi) is 20.6. The van der Waals surface area contributed by atoms with Crippen molar-refractivity contribution in [3.63, 3.8) is 0 Å². The molecule has 0 heterocycles. The molecule has 33 heavy (non-hydrogen) atoms. The van der Waals surface area contributed by atoms with E-state index in [-0.39, 0.29) is 6.10 Å². The topological polar surface area (TPSA) is 66.8 Å². The highest BCUT2D eigenvalue weighted by Gasteiger charge is 2.26. The van der Waals surface area contributed by atoms with Crippen molar-refractivity contribution < 1.29 is 23.4 Å². The van der Waals surface area contributed by atoms with E-state index in [0.717, 1.165) is 12.8 Å². The van der Waals surface area contributed by atoms with Gasteiger partial charge in [0.2, 0.25) is 0 Å². The Morgan fingerprint density at radius 3 is 1.58 bits per heavy atom. The molecule has 0 aromatic carbocycles. The normalized spacial score (nSPS) is 14.0. The number of likely N-dealkylation sites (N-methyl/N-ethyl adjacent to an activating group) is 1. The van der Waals surface area contributed by atoms with Crippen LogP contribution in [0.1, 0.15) is 116 Å². The van der Waals surface area contributed by atoms with Gasteiger partial charge in [-0.3, -0.25) is 4.52 Å². The Labute approximate surface area is 205 Å². The van der Waals surface area contributed by atoms with Crippen LogP contribution in [0.25, 0.3) is 0 Å². The Morgan fingerprint density at radius 2 is 1.12 bits per heavy atom. The van der Waals surface area contributed by atoms with Crippen LogP contribution in [0.2, 0.25) is 0 Å². The number of allylic oxidation sites excluding steroid dienone is 4. The zero-order valence-corrected chi connectivity index (χ0v) is 23.1. The summed E-state index contributed by atoms with van der Waals surface area (Å²) in [4.78, 5) is 18.3. The van der Waals surface area contributed by atoms with E-state index in [1.54, 1.807) is 0 Å². The number of phosphoric acid groups is 1. The van der Waals surface area contributed by atoms with Crippen LogP contribution in [0.3, 0.4) is 0 Å². The molecule has 0 bridgehead atoms. The second-order valence-electron chi connectivity index (χ2n) is 10.5. The molecule has 0 aromatic rings. The molecule has 0 amide bonds. The maximum Gasteiger partial charge on any atom is 0.470 e. The molecule has 0 saturated heterocycles. The molecule has 0 aromatic heterocycles. The highest BCUT2D eigenvalue weighted by molar-refractivity contribution is 7.46. The third-order valence-electron chi connectivity index (χ3n) is 5.71. The monoisotopic (exact) mass is 488 g/mol. The van der Waals surface area contributed by atoms with Crippen LogP contribution in [0.5, 0.6) is 0 Å². The van der Waals surface area contributed by atoms with E-state index in [2.05, 4.69) is 31.2 Å². The first-order valence-corrected chi connectivity index (χ1v) is 15.0. The summed E-state index contributed by atoms with van der Waals surface area (Å²) in [6, 6.07) is 0. The van der Waals surface area contributed by atoms with Gasteiger partial charge in [0.1, 0.15) is 12.6 Å². The average Bonchev–Trinajstić information content (AvgIpc) is 2.70. The number of unbranched alkanes of at least 4 members (excludes halogenated alkanes) is 13. The van der Waals surface area contributed by atoms with Crippen molar-refractivity contribution in [1.82, 2.24) is 0 Å². The van der Waals surface area contributed by atoms with E-state index >= 15 is 0 Å². The van der Waals surface area contributed by atoms with Gasteiger partial charge in [-0.05, 0) is 44.9 Å². The molecule has 196 valence electrons. The predicted molar refractivity (Wildman–Crippen MR) is 142 cm³/mol. The Morgan fingerprint density at radius 1 is 0.697 bits per heavy atom. The smallest absolute Gasteiger partial charge is 0.329 e. The van der Waals surface area contributed by atoms with Crippen molar-refractivity contribution in [3.05, 3.63) is 24.3 Å². The molecule has 0 rings (SSSR count). The molecule has 1 atom stereocenters. The van der Waals surface area contributed by atoms with Crippen LogP contribution < -0.4 is 0 Å². The molecular weight excluding hydrogens is 433 g/mol. The van der Waals surface area contributed by atoms with E-state index in [0.29, 0.717) is 17.4 Å². The second kappa shape index (κ2) is 20.9. The number of hydrogen-bond donors (Lipinski definition) is 2. The summed E-state index contributed by atoms with van der Waals surface area (Å²) < 4.78 is 16.8. The van der Waals surface area contributed by atoms with Gasteiger partial charge >= 0.3 is 7.82 Å². The summed E-state index contributed by atoms with van der Waals surface area (Å²) >= 11 is 0. The van der Waals surface area contributed by atoms with Crippen LogP contribution in [-0.4, -0.2) is 48.1 Å². The van der Waals surface area contributed by atoms with E-state index in [9.17, 15) is 4.57 Å². The van der Waals surface area contributed by atoms with Crippen molar-refractivity contribution in [2.45, 2.75) is 122 Å². The number of rotatable bonds is 23. The second-order valence-corrected chi connectivity index (χ2v) is 11.7. The molecular formula is C27H55NO4P+. The molecule has 0 saturated carbocycles. The van der Waals surface area contributed by atoms with Crippen molar-refractivity contribution in [2.75, 3.05) is 27.7 Å². The molecule has 1 unspecified atom stereocenters. The lowest BCUT2D eigenvalue weighted by Gasteiger charge is -2.29. The van der Waals surface area contributed by atoms with Crippen molar-refractivity contribution in [2.24, 2.45) is 0 Å². The van der Waals surface area contributed by atoms with Crippen molar-refractivity contribution >= 4 is 7.82 Å². The van der Waals surface area contributed by atoms with Gasteiger partial charge in [-0.25, -0.2) is 4.57 Å². The first-order valence-electron chi connectivity index (χ1n) is 13.5. The lowest BCUT2D eigenvalue weighted by Crippen LogP contribution is -2.42. The van der Waals surface area contributed by atoms with Crippen LogP contribution in [0.4, 0.5) is 0 Å². The standard InChI is InChI=1S/C27H54NO4P/c1-5-6-7-8-9-10-11-12-13-14-15-16-17-18-19-20-21-22-23-24-25-27(26-28(2,3)4)32-33(29,30)31/h7-8,12-13,27H,5-6,9-11,14-26H2,1-4H3,(H-,29,30,31)/p+1/b8-7-,13-12-. The number of phosphoric ester groups is 1. The molecule has 6 heteroatoms. The summed E-state index contributed by atoms with van der Waals surface area (Å²) in [6.45, 7) is 2.83. The molecule has 0 aliphatic carbocycles. The predicted octanol–water partition coefficient (Wildman–Crippen LogP) is 7.93. The van der Waals surface area contributed by atoms with Crippen LogP contribution in [0.15, 0.2) is 24.3 Å². The maximum atomic E-state index is 11.2. The third-order valence-corrected chi connectivity index (χ3v) is 6.29. The minimum Gasteiger partial charge on any atom is -0.329 e. The molecule has 0 radical (unpaired) electrons. The average molecular weight is 489 g/mol. The number of hydrogen-bond acceptors (Lipinski definition) is 2. The van der Waals surface area contributed by atoms with Gasteiger partial charge in [0, 0.05) is 0 Å². The first kappa shape index (κ1) is 32.5. The minimum absolute atomic E-state index is 0.381. The van der Waals surface area contributed by atoms with Gasteiger partial charge in [-0.2, -0.15) is 0 Å². The minimum atomic E-state index is -4.42. The Balaban J connectivity index is 3.51. The molecule has 2 N–H and O–H groups in total. The summed E-state index contributed by atoms with van der Waals surface area (Å²) in [5.74, 6) is 0. The van der Waals surface area contributed by atoms with E-state index < -0.39 is 7.82 Å². The largest absolute Gasteiger partial charge is 0.470 e. The summed E-state index contributed by atoms with van der Waals surface area (Å²) in [5.41, 5.74) is 0. The zero-order valence-electron chi connectivity index (χ0n) is 22.2. The lowest BCUT2D eigenvalue weighted by atomic mass is 10.0. The lowest BCUT2D eigenvalue weighted by molar-refractivity contribution is -0.873. The van der Waals surface area contributed by atoms with Gasteiger partial charge in [-0.15, -0.1) is 0 Å².